The van der Waals surface area contributed by atoms with Gasteiger partial charge in [0.1, 0.15) is 11.5 Å². The molecule has 0 atom stereocenters. The van der Waals surface area contributed by atoms with E-state index in [0.717, 1.165) is 9.26 Å². The maximum atomic E-state index is 11.7. The molecular weight excluding hydrogens is 409 g/mol. The topological polar surface area (TPSA) is 83.0 Å². The average Bonchev–Trinajstić information content (AvgIpc) is 2.56. The van der Waals surface area contributed by atoms with Gasteiger partial charge >= 0.3 is 0 Å². The maximum Gasteiger partial charge on any atom is 0.259 e. The number of phenolic OH excluding ortho intramolecular Hbond substituents is 1. The van der Waals surface area contributed by atoms with E-state index in [1.807, 2.05) is 24.3 Å². The van der Waals surface area contributed by atoms with E-state index < -0.39 is 0 Å². The van der Waals surface area contributed by atoms with E-state index >= 15 is 0 Å². The summed E-state index contributed by atoms with van der Waals surface area (Å²) in [7, 11) is 1.53. The zero-order valence-corrected chi connectivity index (χ0v) is 14.6. The van der Waals surface area contributed by atoms with E-state index in [-0.39, 0.29) is 18.2 Å². The van der Waals surface area contributed by atoms with Gasteiger partial charge in [0, 0.05) is 14.8 Å². The molecule has 0 aromatic heterocycles. The second kappa shape index (κ2) is 8.37. The first-order valence-electron chi connectivity index (χ1n) is 6.77. The number of methoxy groups -OCH3 is 1. The van der Waals surface area contributed by atoms with Crippen molar-refractivity contribution < 1.29 is 14.6 Å². The average molecular weight is 425 g/mol. The number of nitrogens with one attached hydrogen (secondary N) is 2. The molecule has 0 heterocycles. The lowest BCUT2D eigenvalue weighted by molar-refractivity contribution is -0.119. The summed E-state index contributed by atoms with van der Waals surface area (Å²) in [5, 5.41) is 16.5. The number of hydrogen-bond acceptors (Lipinski definition) is 5. The largest absolute Gasteiger partial charge is 0.507 e. The van der Waals surface area contributed by atoms with Crippen molar-refractivity contribution in [3.63, 3.8) is 0 Å². The van der Waals surface area contributed by atoms with Crippen molar-refractivity contribution in [1.82, 2.24) is 5.43 Å². The molecule has 0 fully saturated rings. The van der Waals surface area contributed by atoms with Gasteiger partial charge in [-0.1, -0.05) is 0 Å². The number of halogens is 1. The van der Waals surface area contributed by atoms with E-state index in [1.165, 1.54) is 19.4 Å². The molecule has 2 aromatic rings. The van der Waals surface area contributed by atoms with Crippen LogP contribution in [0.3, 0.4) is 0 Å². The number of ether oxygens (including phenoxy) is 1. The third kappa shape index (κ3) is 5.44. The monoisotopic (exact) mass is 425 g/mol. The number of carbonyl (C=O) groups excluding carboxylic acids is 1. The first-order valence-corrected chi connectivity index (χ1v) is 7.84. The number of hydrogen-bond donors (Lipinski definition) is 3. The molecule has 0 radical (unpaired) electrons. The molecule has 120 valence electrons. The van der Waals surface area contributed by atoms with Crippen LogP contribution < -0.4 is 15.5 Å². The van der Waals surface area contributed by atoms with Crippen molar-refractivity contribution in [2.45, 2.75) is 0 Å². The Labute approximate surface area is 147 Å². The van der Waals surface area contributed by atoms with Crippen LogP contribution in [0, 0.1) is 3.57 Å². The summed E-state index contributed by atoms with van der Waals surface area (Å²) in [6, 6.07) is 12.4. The predicted molar refractivity (Wildman–Crippen MR) is 98.0 cm³/mol. The normalized spacial score (nSPS) is 10.5. The molecule has 0 saturated carbocycles. The number of amides is 1. The Balaban J connectivity index is 1.85. The number of hydrazone groups is 1. The van der Waals surface area contributed by atoms with Gasteiger partial charge in [0.05, 0.1) is 19.9 Å². The second-order valence-corrected chi connectivity index (χ2v) is 5.82. The highest BCUT2D eigenvalue weighted by Crippen LogP contribution is 2.20. The minimum absolute atomic E-state index is 0.0563. The van der Waals surface area contributed by atoms with Crippen LogP contribution in [0.15, 0.2) is 47.6 Å². The van der Waals surface area contributed by atoms with Gasteiger partial charge in [-0.15, -0.1) is 0 Å². The van der Waals surface area contributed by atoms with Gasteiger partial charge < -0.3 is 15.2 Å². The molecule has 0 aliphatic rings. The summed E-state index contributed by atoms with van der Waals surface area (Å²) in [5.41, 5.74) is 3.70. The molecule has 0 aliphatic heterocycles. The zero-order chi connectivity index (χ0) is 16.7. The van der Waals surface area contributed by atoms with E-state index in [0.29, 0.717) is 11.3 Å². The highest BCUT2D eigenvalue weighted by molar-refractivity contribution is 14.1. The van der Waals surface area contributed by atoms with Gasteiger partial charge in [0.15, 0.2) is 0 Å². The van der Waals surface area contributed by atoms with Gasteiger partial charge in [-0.3, -0.25) is 4.79 Å². The summed E-state index contributed by atoms with van der Waals surface area (Å²) < 4.78 is 6.19. The van der Waals surface area contributed by atoms with Crippen LogP contribution in [0.5, 0.6) is 11.5 Å². The summed E-state index contributed by atoms with van der Waals surface area (Å²) >= 11 is 2.21. The molecule has 0 saturated heterocycles. The quantitative estimate of drug-likeness (QED) is 0.378. The summed E-state index contributed by atoms with van der Waals surface area (Å²) in [6.45, 7) is 0.0992. The highest BCUT2D eigenvalue weighted by Gasteiger charge is 2.02. The highest BCUT2D eigenvalue weighted by atomic mass is 127. The Morgan fingerprint density at radius 1 is 1.30 bits per heavy atom. The number of phenols is 1. The van der Waals surface area contributed by atoms with Crippen molar-refractivity contribution in [1.29, 1.82) is 0 Å². The van der Waals surface area contributed by atoms with Crippen LogP contribution in [-0.4, -0.2) is 30.9 Å². The third-order valence-electron chi connectivity index (χ3n) is 2.92. The molecule has 0 unspecified atom stereocenters. The number of aromatic hydroxyl groups is 1. The Kier molecular flexibility index (Phi) is 6.21. The van der Waals surface area contributed by atoms with E-state index in [1.54, 1.807) is 12.1 Å². The Bertz CT molecular complexity index is 702. The number of anilines is 1. The maximum absolute atomic E-state index is 11.7. The Hall–Kier alpha value is -2.29. The molecule has 23 heavy (non-hydrogen) atoms. The molecule has 3 N–H and O–H groups in total. The molecule has 2 aromatic carbocycles. The molecule has 7 heteroatoms. The van der Waals surface area contributed by atoms with Crippen LogP contribution in [0.25, 0.3) is 0 Å². The first-order chi connectivity index (χ1) is 11.1. The lowest BCUT2D eigenvalue weighted by Crippen LogP contribution is -2.25. The van der Waals surface area contributed by atoms with Crippen LogP contribution in [0.1, 0.15) is 5.56 Å². The minimum atomic E-state index is -0.290. The number of rotatable bonds is 6. The smallest absolute Gasteiger partial charge is 0.259 e. The zero-order valence-electron chi connectivity index (χ0n) is 12.4. The predicted octanol–water partition coefficient (Wildman–Crippen LogP) is 2.57. The van der Waals surface area contributed by atoms with Crippen LogP contribution in [0.4, 0.5) is 5.69 Å². The molecule has 6 nitrogen and oxygen atoms in total. The van der Waals surface area contributed by atoms with Gasteiger partial charge in [0.25, 0.3) is 5.91 Å². The fourth-order valence-corrected chi connectivity index (χ4v) is 2.09. The van der Waals surface area contributed by atoms with E-state index in [4.69, 9.17) is 4.74 Å². The van der Waals surface area contributed by atoms with Crippen molar-refractivity contribution in [2.75, 3.05) is 19.0 Å². The molecular formula is C16H16IN3O3. The second-order valence-electron chi connectivity index (χ2n) is 4.58. The van der Waals surface area contributed by atoms with Gasteiger partial charge in [-0.25, -0.2) is 5.43 Å². The lowest BCUT2D eigenvalue weighted by Gasteiger charge is -2.05. The first kappa shape index (κ1) is 17.1. The van der Waals surface area contributed by atoms with Crippen molar-refractivity contribution in [2.24, 2.45) is 5.10 Å². The number of nitrogens with zero attached hydrogens (tertiary/aromatic N) is 1. The SMILES string of the molecule is COc1ccc(O)c(/C=N/NC(=O)CNc2ccc(I)cc2)c1. The van der Waals surface area contributed by atoms with Crippen LogP contribution in [-0.2, 0) is 4.79 Å². The molecule has 0 aliphatic carbocycles. The summed E-state index contributed by atoms with van der Waals surface area (Å²) in [6.07, 6.45) is 1.36. The standard InChI is InChI=1S/C16H16IN3O3/c1-23-14-6-7-15(21)11(8-14)9-19-20-16(22)10-18-13-4-2-12(17)3-5-13/h2-9,18,21H,10H2,1H3,(H,20,22)/b19-9+. The van der Waals surface area contributed by atoms with Gasteiger partial charge in [-0.2, -0.15) is 5.10 Å². The van der Waals surface area contributed by atoms with Gasteiger partial charge in [0.2, 0.25) is 0 Å². The van der Waals surface area contributed by atoms with E-state index in [2.05, 4.69) is 38.4 Å². The fraction of sp³-hybridized carbons (Fsp3) is 0.125. The van der Waals surface area contributed by atoms with E-state index in [9.17, 15) is 9.90 Å². The fourth-order valence-electron chi connectivity index (χ4n) is 1.73. The summed E-state index contributed by atoms with van der Waals surface area (Å²) in [5.74, 6) is 0.360. The summed E-state index contributed by atoms with van der Waals surface area (Å²) in [4.78, 5) is 11.7. The Morgan fingerprint density at radius 3 is 2.74 bits per heavy atom. The molecule has 0 spiro atoms. The molecule has 2 rings (SSSR count). The van der Waals surface area contributed by atoms with Crippen LogP contribution >= 0.6 is 22.6 Å². The minimum Gasteiger partial charge on any atom is -0.507 e. The molecule has 0 bridgehead atoms. The molecule has 1 amide bonds. The van der Waals surface area contributed by atoms with Crippen molar-refractivity contribution >= 4 is 40.4 Å². The lowest BCUT2D eigenvalue weighted by atomic mass is 10.2. The van der Waals surface area contributed by atoms with Crippen molar-refractivity contribution in [3.05, 3.63) is 51.6 Å². The third-order valence-corrected chi connectivity index (χ3v) is 3.64. The number of benzene rings is 2. The van der Waals surface area contributed by atoms with Crippen molar-refractivity contribution in [3.8, 4) is 11.5 Å². The Morgan fingerprint density at radius 2 is 2.04 bits per heavy atom. The van der Waals surface area contributed by atoms with Gasteiger partial charge in [-0.05, 0) is 65.1 Å². The number of carbonyl (C=O) groups is 1. The van der Waals surface area contributed by atoms with Crippen LogP contribution in [0.2, 0.25) is 0 Å².